The number of aryl methyl sites for hydroxylation is 2. The average Bonchev–Trinajstić information content (AvgIpc) is 1.57. The fourth-order valence-corrected chi connectivity index (χ4v) is 15.4. The maximum Gasteiger partial charge on any atom is 0.0462 e. The van der Waals surface area contributed by atoms with Crippen molar-refractivity contribution in [2.24, 2.45) is 0 Å². The first-order valence-electron chi connectivity index (χ1n) is 35.3. The van der Waals surface area contributed by atoms with E-state index < -0.39 is 0 Å². The van der Waals surface area contributed by atoms with Crippen molar-refractivity contribution < 1.29 is 0 Å². The van der Waals surface area contributed by atoms with E-state index >= 15 is 0 Å². The van der Waals surface area contributed by atoms with Gasteiger partial charge in [0.1, 0.15) is 0 Å². The van der Waals surface area contributed by atoms with Gasteiger partial charge in [0.15, 0.2) is 0 Å². The number of benzene rings is 14. The summed E-state index contributed by atoms with van der Waals surface area (Å²) >= 11 is 0. The van der Waals surface area contributed by atoms with Crippen molar-refractivity contribution >= 4 is 34.1 Å². The Morgan fingerprint density at radius 1 is 0.212 bits per heavy atom. The van der Waals surface area contributed by atoms with Gasteiger partial charge in [-0.1, -0.05) is 284 Å². The van der Waals surface area contributed by atoms with E-state index in [0.717, 1.165) is 59.8 Å². The Balaban J connectivity index is 0.615. The molecule has 2 aliphatic rings. The Labute approximate surface area is 585 Å². The second kappa shape index (κ2) is 25.9. The van der Waals surface area contributed by atoms with Crippen molar-refractivity contribution in [3.05, 3.63) is 373 Å². The normalized spacial score (nSPS) is 13.1. The quantitative estimate of drug-likeness (QED) is 0.107. The molecule has 0 saturated heterocycles. The minimum absolute atomic E-state index is 0.00221. The lowest BCUT2D eigenvalue weighted by molar-refractivity contribution is 0.507. The number of fused-ring (bicyclic) bond motifs is 4. The van der Waals surface area contributed by atoms with E-state index in [1.807, 2.05) is 0 Å². The smallest absolute Gasteiger partial charge is 0.0462 e. The minimum atomic E-state index is 0.00221. The third kappa shape index (κ3) is 12.5. The van der Waals surface area contributed by atoms with Crippen LogP contribution in [0.4, 0.5) is 34.1 Å². The first-order chi connectivity index (χ1) is 48.2. The van der Waals surface area contributed by atoms with Gasteiger partial charge < -0.3 is 9.80 Å². The molecule has 2 nitrogen and oxygen atoms in total. The van der Waals surface area contributed by atoms with Crippen molar-refractivity contribution in [1.29, 1.82) is 0 Å². The topological polar surface area (TPSA) is 6.48 Å². The lowest BCUT2D eigenvalue weighted by Gasteiger charge is -2.28. The molecule has 0 bridgehead atoms. The van der Waals surface area contributed by atoms with E-state index in [2.05, 4.69) is 391 Å². The number of nitrogens with zero attached hydrogens (tertiary/aromatic N) is 2. The highest BCUT2D eigenvalue weighted by atomic mass is 15.1. The molecule has 1 spiro atoms. The van der Waals surface area contributed by atoms with Crippen molar-refractivity contribution in [2.75, 3.05) is 9.80 Å². The zero-order valence-electron chi connectivity index (χ0n) is 57.6. The summed E-state index contributed by atoms with van der Waals surface area (Å²) in [6.07, 6.45) is 4.49. The summed E-state index contributed by atoms with van der Waals surface area (Å²) in [6, 6.07) is 127. The molecule has 14 aromatic rings. The monoisotopic (exact) mass is 1270 g/mol. The highest BCUT2D eigenvalue weighted by Crippen LogP contribution is 2.54. The Bertz CT molecular complexity index is 4840. The third-order valence-electron chi connectivity index (χ3n) is 21.1. The van der Waals surface area contributed by atoms with Gasteiger partial charge in [-0.2, -0.15) is 0 Å². The SMILES string of the molecule is CC(C)(C)c1ccc(N(c2ccc(-c3ccccc3)cc2)c2ccc(-c3ccc(-c4cccc(-c5ccc6c(c5)C5(CC6)CCc6ccc(-c7cccc(-c8ccc(-c9ccc(N(c%10ccc(-c%11ccccc%11)cc%10)c%10ccc(C(C)(C)C)cc%10)cc9)cc8)c7)cc65)c4)cc3)cc2)cc1. The fourth-order valence-electron chi connectivity index (χ4n) is 15.4. The minimum Gasteiger partial charge on any atom is -0.311 e. The molecule has 0 aliphatic heterocycles. The van der Waals surface area contributed by atoms with Crippen LogP contribution in [0.5, 0.6) is 0 Å². The molecule has 2 heteroatoms. The maximum absolute atomic E-state index is 2.55. The summed E-state index contributed by atoms with van der Waals surface area (Å²) in [5, 5.41) is 0. The second-order valence-electron chi connectivity index (χ2n) is 29.3. The molecule has 0 atom stereocenters. The van der Waals surface area contributed by atoms with Gasteiger partial charge in [-0.05, 0) is 256 Å². The number of hydrogen-bond acceptors (Lipinski definition) is 2. The highest BCUT2D eigenvalue weighted by Gasteiger charge is 2.45. The van der Waals surface area contributed by atoms with Crippen LogP contribution in [0, 0.1) is 0 Å². The largest absolute Gasteiger partial charge is 0.311 e. The summed E-state index contributed by atoms with van der Waals surface area (Å²) in [7, 11) is 0. The summed E-state index contributed by atoms with van der Waals surface area (Å²) in [6.45, 7) is 13.6. The van der Waals surface area contributed by atoms with Gasteiger partial charge >= 0.3 is 0 Å². The van der Waals surface area contributed by atoms with E-state index in [-0.39, 0.29) is 16.2 Å². The molecular formula is C97H82N2. The predicted octanol–water partition coefficient (Wildman–Crippen LogP) is 26.7. The molecule has 0 saturated carbocycles. The van der Waals surface area contributed by atoms with Gasteiger partial charge in [-0.25, -0.2) is 0 Å². The standard InChI is InChI=1S/C97H82N2/c1-95(2,3)85-43-55-91(56-44-85)98(87-47-35-71(36-48-87)67-15-9-7-10-16-67)89-51-39-73(40-52-89)69-23-27-75(28-24-69)79-19-13-21-81(63-79)83-33-31-77-59-61-97(93(77)65-83)62-60-78-32-34-84(66-94(78)97)82-22-14-20-80(64-82)76-29-25-70(26-30-76)74-41-53-90(54-42-74)99(92-57-45-86(46-58-92)96(4,5)6)88-49-37-72(38-50-88)68-17-11-8-12-18-68/h7-58,63-66H,59-62H2,1-6H3. The lowest BCUT2D eigenvalue weighted by Crippen LogP contribution is -2.21. The first kappa shape index (κ1) is 62.5. The number of hydrogen-bond donors (Lipinski definition) is 0. The van der Waals surface area contributed by atoms with Crippen LogP contribution in [-0.2, 0) is 29.1 Å². The molecule has 0 radical (unpaired) electrons. The number of anilines is 6. The maximum atomic E-state index is 2.55. The van der Waals surface area contributed by atoms with Crippen LogP contribution in [0.15, 0.2) is 340 Å². The summed E-state index contributed by atoms with van der Waals surface area (Å²) < 4.78 is 0. The van der Waals surface area contributed by atoms with Gasteiger partial charge in [0.25, 0.3) is 0 Å². The van der Waals surface area contributed by atoms with Crippen molar-refractivity contribution in [3.63, 3.8) is 0 Å². The van der Waals surface area contributed by atoms with Crippen molar-refractivity contribution in [3.8, 4) is 89.0 Å². The highest BCUT2D eigenvalue weighted by molar-refractivity contribution is 5.84. The van der Waals surface area contributed by atoms with Crippen LogP contribution in [0.25, 0.3) is 89.0 Å². The van der Waals surface area contributed by atoms with Crippen LogP contribution in [-0.4, -0.2) is 0 Å². The Hall–Kier alpha value is -11.3. The van der Waals surface area contributed by atoms with Crippen molar-refractivity contribution in [1.82, 2.24) is 0 Å². The molecule has 0 aromatic heterocycles. The van der Waals surface area contributed by atoms with Crippen LogP contribution in [0.3, 0.4) is 0 Å². The van der Waals surface area contributed by atoms with E-state index in [9.17, 15) is 0 Å². The lowest BCUT2D eigenvalue weighted by atomic mass is 9.75. The van der Waals surface area contributed by atoms with Gasteiger partial charge in [0.2, 0.25) is 0 Å². The van der Waals surface area contributed by atoms with Crippen molar-refractivity contribution in [2.45, 2.75) is 83.5 Å². The Morgan fingerprint density at radius 3 is 0.707 bits per heavy atom. The molecule has 480 valence electrons. The molecule has 0 amide bonds. The molecule has 2 aliphatic carbocycles. The Kier molecular flexibility index (Phi) is 16.4. The number of rotatable bonds is 14. The molecular weight excluding hydrogens is 1190 g/mol. The van der Waals surface area contributed by atoms with Gasteiger partial charge in [-0.3, -0.25) is 0 Å². The van der Waals surface area contributed by atoms with E-state index in [1.165, 1.54) is 122 Å². The predicted molar refractivity (Wildman–Crippen MR) is 421 cm³/mol. The summed E-state index contributed by atoms with van der Waals surface area (Å²) in [4.78, 5) is 4.72. The van der Waals surface area contributed by atoms with E-state index in [0.29, 0.717) is 0 Å². The summed E-state index contributed by atoms with van der Waals surface area (Å²) in [5.74, 6) is 0. The Morgan fingerprint density at radius 2 is 0.424 bits per heavy atom. The van der Waals surface area contributed by atoms with Crippen LogP contribution in [0.2, 0.25) is 0 Å². The molecule has 16 rings (SSSR count). The molecule has 0 heterocycles. The zero-order valence-corrected chi connectivity index (χ0v) is 57.6. The van der Waals surface area contributed by atoms with Crippen LogP contribution < -0.4 is 9.80 Å². The first-order valence-corrected chi connectivity index (χ1v) is 35.3. The fraction of sp³-hybridized carbons (Fsp3) is 0.134. The van der Waals surface area contributed by atoms with Crippen LogP contribution >= 0.6 is 0 Å². The third-order valence-corrected chi connectivity index (χ3v) is 21.1. The zero-order chi connectivity index (χ0) is 67.2. The van der Waals surface area contributed by atoms with Crippen LogP contribution in [0.1, 0.15) is 87.8 Å². The van der Waals surface area contributed by atoms with Gasteiger partial charge in [0, 0.05) is 39.5 Å². The van der Waals surface area contributed by atoms with Gasteiger partial charge in [-0.15, -0.1) is 0 Å². The van der Waals surface area contributed by atoms with E-state index in [4.69, 9.17) is 0 Å². The molecule has 0 fully saturated rings. The molecule has 0 unspecified atom stereocenters. The molecule has 99 heavy (non-hydrogen) atoms. The molecule has 0 N–H and O–H groups in total. The average molecular weight is 1280 g/mol. The summed E-state index contributed by atoms with van der Waals surface area (Å²) in [5.41, 5.74) is 35.1. The second-order valence-corrected chi connectivity index (χ2v) is 29.3. The van der Waals surface area contributed by atoms with E-state index in [1.54, 1.807) is 0 Å². The van der Waals surface area contributed by atoms with Gasteiger partial charge in [0.05, 0.1) is 0 Å². The molecule has 14 aromatic carbocycles.